The molecule has 0 aromatic heterocycles. The zero-order chi connectivity index (χ0) is 8.53. The molecule has 4 nitrogen and oxygen atoms in total. The van der Waals surface area contributed by atoms with Crippen molar-refractivity contribution in [2.75, 3.05) is 33.9 Å². The number of amides is 1. The van der Waals surface area contributed by atoms with Gasteiger partial charge in [-0.3, -0.25) is 4.79 Å². The third-order valence-corrected chi connectivity index (χ3v) is 1.18. The molecule has 0 spiro atoms. The van der Waals surface area contributed by atoms with E-state index in [1.54, 1.807) is 14.2 Å². The van der Waals surface area contributed by atoms with Crippen LogP contribution >= 0.6 is 0 Å². The summed E-state index contributed by atoms with van der Waals surface area (Å²) in [6.45, 7) is 1.77. The van der Waals surface area contributed by atoms with Crippen LogP contribution in [0.5, 0.6) is 0 Å². The van der Waals surface area contributed by atoms with Crippen LogP contribution in [0.4, 0.5) is 0 Å². The van der Waals surface area contributed by atoms with E-state index < -0.39 is 0 Å². The molecule has 0 fully saturated rings. The smallest absolute Gasteiger partial charge is 0.233 e. The molecule has 0 radical (unpaired) electrons. The third-order valence-electron chi connectivity index (χ3n) is 1.18. The first kappa shape index (κ1) is 10.4. The Bertz CT molecular complexity index is 107. The van der Waals surface area contributed by atoms with E-state index in [2.05, 4.69) is 10.6 Å². The van der Waals surface area contributed by atoms with Gasteiger partial charge in [0.1, 0.15) is 0 Å². The van der Waals surface area contributed by atoms with Crippen molar-refractivity contribution in [3.05, 3.63) is 0 Å². The Morgan fingerprint density at radius 3 is 2.82 bits per heavy atom. The molecule has 11 heavy (non-hydrogen) atoms. The summed E-state index contributed by atoms with van der Waals surface area (Å²) >= 11 is 0. The Hall–Kier alpha value is -0.610. The average Bonchev–Trinajstić information content (AvgIpc) is 1.99. The minimum absolute atomic E-state index is 0.0311. The fourth-order valence-corrected chi connectivity index (χ4v) is 0.667. The van der Waals surface area contributed by atoms with Crippen LogP contribution in [0.3, 0.4) is 0 Å². The second-order valence-electron chi connectivity index (χ2n) is 2.23. The van der Waals surface area contributed by atoms with E-state index in [1.165, 1.54) is 0 Å². The predicted octanol–water partition coefficient (Wildman–Crippen LogP) is -0.642. The minimum Gasteiger partial charge on any atom is -0.385 e. The lowest BCUT2D eigenvalue weighted by atomic mass is 10.4. The van der Waals surface area contributed by atoms with Gasteiger partial charge in [-0.05, 0) is 13.5 Å². The van der Waals surface area contributed by atoms with Crippen molar-refractivity contribution in [1.29, 1.82) is 0 Å². The molecule has 0 bridgehead atoms. The number of hydrogen-bond donors (Lipinski definition) is 2. The fraction of sp³-hybridized carbons (Fsp3) is 0.857. The number of carbonyl (C=O) groups excluding carboxylic acids is 1. The van der Waals surface area contributed by atoms with Crippen LogP contribution in [0.2, 0.25) is 0 Å². The number of rotatable bonds is 6. The van der Waals surface area contributed by atoms with Gasteiger partial charge >= 0.3 is 0 Å². The predicted molar refractivity (Wildman–Crippen MR) is 43.4 cm³/mol. The highest BCUT2D eigenvalue weighted by Crippen LogP contribution is 1.76. The first-order valence-electron chi connectivity index (χ1n) is 3.71. The molecule has 0 rings (SSSR count). The highest BCUT2D eigenvalue weighted by molar-refractivity contribution is 5.77. The molecule has 1 amide bonds. The van der Waals surface area contributed by atoms with E-state index in [1.807, 2.05) is 0 Å². The monoisotopic (exact) mass is 160 g/mol. The molecular formula is C7H16N2O2. The molecule has 0 atom stereocenters. The third kappa shape index (κ3) is 7.29. The lowest BCUT2D eigenvalue weighted by molar-refractivity contribution is -0.120. The summed E-state index contributed by atoms with van der Waals surface area (Å²) in [5, 5.41) is 5.50. The highest BCUT2D eigenvalue weighted by atomic mass is 16.5. The molecule has 0 aromatic rings. The molecule has 0 aliphatic carbocycles. The van der Waals surface area contributed by atoms with E-state index in [0.717, 1.165) is 6.42 Å². The quantitative estimate of drug-likeness (QED) is 0.508. The van der Waals surface area contributed by atoms with Crippen LogP contribution < -0.4 is 10.6 Å². The van der Waals surface area contributed by atoms with Crippen molar-refractivity contribution in [2.45, 2.75) is 6.42 Å². The number of hydrogen-bond acceptors (Lipinski definition) is 3. The van der Waals surface area contributed by atoms with Gasteiger partial charge in [0.15, 0.2) is 0 Å². The summed E-state index contributed by atoms with van der Waals surface area (Å²) in [4.78, 5) is 10.8. The summed E-state index contributed by atoms with van der Waals surface area (Å²) in [7, 11) is 3.39. The first-order valence-corrected chi connectivity index (χ1v) is 3.71. The summed E-state index contributed by atoms with van der Waals surface area (Å²) in [5.74, 6) is 0.0311. The van der Waals surface area contributed by atoms with E-state index in [0.29, 0.717) is 19.7 Å². The van der Waals surface area contributed by atoms with Crippen molar-refractivity contribution >= 4 is 5.91 Å². The largest absolute Gasteiger partial charge is 0.385 e. The van der Waals surface area contributed by atoms with Crippen molar-refractivity contribution in [1.82, 2.24) is 10.6 Å². The van der Waals surface area contributed by atoms with Gasteiger partial charge in [0.25, 0.3) is 0 Å². The molecule has 0 aliphatic rings. The molecule has 4 heteroatoms. The van der Waals surface area contributed by atoms with Crippen LogP contribution in [0.25, 0.3) is 0 Å². The normalized spacial score (nSPS) is 9.64. The maximum Gasteiger partial charge on any atom is 0.233 e. The number of carbonyl (C=O) groups is 1. The van der Waals surface area contributed by atoms with Gasteiger partial charge in [0.2, 0.25) is 5.91 Å². The maximum absolute atomic E-state index is 10.8. The van der Waals surface area contributed by atoms with E-state index in [9.17, 15) is 4.79 Å². The van der Waals surface area contributed by atoms with Crippen LogP contribution in [-0.4, -0.2) is 39.8 Å². The number of ether oxygens (including phenoxy) is 1. The Balaban J connectivity index is 3.04. The van der Waals surface area contributed by atoms with Gasteiger partial charge in [-0.1, -0.05) is 0 Å². The number of likely N-dealkylation sites (N-methyl/N-ethyl adjacent to an activating group) is 1. The van der Waals surface area contributed by atoms with Crippen molar-refractivity contribution in [3.8, 4) is 0 Å². The summed E-state index contributed by atoms with van der Waals surface area (Å²) in [6, 6.07) is 0. The molecule has 2 N–H and O–H groups in total. The van der Waals surface area contributed by atoms with Crippen molar-refractivity contribution in [3.63, 3.8) is 0 Å². The van der Waals surface area contributed by atoms with E-state index in [-0.39, 0.29) is 5.91 Å². The van der Waals surface area contributed by atoms with Crippen LogP contribution in [0, 0.1) is 0 Å². The molecule has 0 heterocycles. The molecule has 0 unspecified atom stereocenters. The zero-order valence-corrected chi connectivity index (χ0v) is 7.14. The summed E-state index contributed by atoms with van der Waals surface area (Å²) < 4.78 is 4.82. The Labute approximate surface area is 67.3 Å². The number of methoxy groups -OCH3 is 1. The van der Waals surface area contributed by atoms with Crippen LogP contribution in [0.1, 0.15) is 6.42 Å². The Morgan fingerprint density at radius 2 is 2.27 bits per heavy atom. The number of nitrogens with one attached hydrogen (secondary N) is 2. The van der Waals surface area contributed by atoms with Gasteiger partial charge in [-0.25, -0.2) is 0 Å². The molecule has 0 saturated carbocycles. The molecule has 0 aromatic carbocycles. The van der Waals surface area contributed by atoms with E-state index >= 15 is 0 Å². The molecule has 0 saturated heterocycles. The second-order valence-corrected chi connectivity index (χ2v) is 2.23. The molecule has 0 aliphatic heterocycles. The van der Waals surface area contributed by atoms with Crippen molar-refractivity contribution in [2.24, 2.45) is 0 Å². The van der Waals surface area contributed by atoms with Gasteiger partial charge in [0.05, 0.1) is 6.54 Å². The van der Waals surface area contributed by atoms with Gasteiger partial charge < -0.3 is 15.4 Å². The zero-order valence-electron chi connectivity index (χ0n) is 7.14. The Kier molecular flexibility index (Phi) is 7.08. The average molecular weight is 160 g/mol. The van der Waals surface area contributed by atoms with Crippen LogP contribution in [-0.2, 0) is 9.53 Å². The fourth-order valence-electron chi connectivity index (χ4n) is 0.667. The lowest BCUT2D eigenvalue weighted by Crippen LogP contribution is -2.33. The first-order chi connectivity index (χ1) is 5.31. The molecular weight excluding hydrogens is 144 g/mol. The minimum atomic E-state index is 0.0311. The molecule has 66 valence electrons. The van der Waals surface area contributed by atoms with Crippen molar-refractivity contribution < 1.29 is 9.53 Å². The standard InChI is InChI=1S/C7H16N2O2/c1-8-6-7(10)9-4-3-5-11-2/h8H,3-6H2,1-2H3,(H,9,10). The lowest BCUT2D eigenvalue weighted by Gasteiger charge is -2.02. The van der Waals surface area contributed by atoms with Gasteiger partial charge in [-0.15, -0.1) is 0 Å². The summed E-state index contributed by atoms with van der Waals surface area (Å²) in [6.07, 6.45) is 0.867. The van der Waals surface area contributed by atoms with Gasteiger partial charge in [-0.2, -0.15) is 0 Å². The SMILES string of the molecule is CNCC(=O)NCCCOC. The summed E-state index contributed by atoms with van der Waals surface area (Å²) in [5.41, 5.74) is 0. The second kappa shape index (κ2) is 7.50. The van der Waals surface area contributed by atoms with Crippen LogP contribution in [0.15, 0.2) is 0 Å². The highest BCUT2D eigenvalue weighted by Gasteiger charge is 1.95. The Morgan fingerprint density at radius 1 is 1.55 bits per heavy atom. The maximum atomic E-state index is 10.8. The topological polar surface area (TPSA) is 50.4 Å². The van der Waals surface area contributed by atoms with E-state index in [4.69, 9.17) is 4.74 Å². The van der Waals surface area contributed by atoms with Gasteiger partial charge in [0, 0.05) is 20.3 Å².